The number of carboxylic acids is 3. The van der Waals surface area contributed by atoms with Crippen LogP contribution < -0.4 is 71.9 Å². The molecule has 16 heteroatoms. The first kappa shape index (κ1) is 38.5. The predicted molar refractivity (Wildman–Crippen MR) is 47.3 cm³/mol. The van der Waals surface area contributed by atoms with Gasteiger partial charge >= 0.3 is 70.1 Å². The van der Waals surface area contributed by atoms with Crippen molar-refractivity contribution in [3.8, 4) is 0 Å². The average Bonchev–Trinajstić information content (AvgIpc) is 2.14. The van der Waals surface area contributed by atoms with Crippen LogP contribution in [0.3, 0.4) is 0 Å². The molecule has 23 heavy (non-hydrogen) atoms. The van der Waals surface area contributed by atoms with E-state index in [0.717, 1.165) is 6.92 Å². The Hall–Kier alpha value is -0.0629. The Labute approximate surface area is 165 Å². The number of carboxylic acid groups (broad SMARTS) is 3. The molecule has 3 N–H and O–H groups in total. The maximum Gasteiger partial charge on any atom is 1.00 e. The minimum atomic E-state index is -4.43. The number of carbonyl (C=O) groups is 3. The second kappa shape index (κ2) is 20.0. The maximum atomic E-state index is 11.5. The quantitative estimate of drug-likeness (QED) is 0.328. The second-order valence-corrected chi connectivity index (χ2v) is 2.94. The molecule has 0 amide bonds. The normalized spacial score (nSPS) is 9.52. The molecular formula is C7H9BF3Li3O9. The molecule has 0 heterocycles. The van der Waals surface area contributed by atoms with Crippen LogP contribution in [0.15, 0.2) is 0 Å². The zero-order valence-electron chi connectivity index (χ0n) is 12.8. The smallest absolute Gasteiger partial charge is 0.550 e. The van der Waals surface area contributed by atoms with Crippen molar-refractivity contribution < 1.29 is 115 Å². The van der Waals surface area contributed by atoms with Crippen LogP contribution in [0.5, 0.6) is 0 Å². The molecule has 0 aromatic heterocycles. The van der Waals surface area contributed by atoms with E-state index < -0.39 is 43.7 Å². The van der Waals surface area contributed by atoms with E-state index in [2.05, 4.69) is 0 Å². The zero-order valence-corrected chi connectivity index (χ0v) is 12.8. The number of aliphatic carboxylic acids is 3. The minimum absolute atomic E-state index is 0. The molecule has 0 aliphatic heterocycles. The van der Waals surface area contributed by atoms with Crippen LogP contribution in [0.2, 0.25) is 0 Å². The van der Waals surface area contributed by atoms with Gasteiger partial charge in [-0.05, 0) is 6.42 Å². The van der Waals surface area contributed by atoms with Crippen molar-refractivity contribution in [1.29, 1.82) is 0 Å². The second-order valence-electron chi connectivity index (χ2n) is 2.94. The molecule has 0 saturated heterocycles. The topological polar surface area (TPSA) is 181 Å². The molecule has 0 spiro atoms. The summed E-state index contributed by atoms with van der Waals surface area (Å²) in [6.45, 7) is 0.801. The van der Waals surface area contributed by atoms with Gasteiger partial charge in [0.15, 0.2) is 0 Å². The van der Waals surface area contributed by atoms with Gasteiger partial charge in [-0.15, -0.1) is 0 Å². The van der Waals surface area contributed by atoms with E-state index in [9.17, 15) is 23.1 Å². The first-order chi connectivity index (χ1) is 8.71. The van der Waals surface area contributed by atoms with Gasteiger partial charge in [0.1, 0.15) is 0 Å². The van der Waals surface area contributed by atoms with Gasteiger partial charge < -0.3 is 44.8 Å². The van der Waals surface area contributed by atoms with E-state index in [1.54, 1.807) is 0 Å². The summed E-state index contributed by atoms with van der Waals surface area (Å²) >= 11 is 0. The van der Waals surface area contributed by atoms with Crippen LogP contribution in [0.4, 0.5) is 13.2 Å². The molecule has 0 aromatic carbocycles. The van der Waals surface area contributed by atoms with Crippen LogP contribution in [-0.4, -0.2) is 46.5 Å². The Morgan fingerprint density at radius 2 is 1.17 bits per heavy atom. The van der Waals surface area contributed by atoms with E-state index in [1.165, 1.54) is 0 Å². The molecule has 1 unspecified atom stereocenters. The van der Waals surface area contributed by atoms with Crippen molar-refractivity contribution >= 4 is 25.2 Å². The van der Waals surface area contributed by atoms with Crippen molar-refractivity contribution in [1.82, 2.24) is 0 Å². The van der Waals surface area contributed by atoms with E-state index in [0.29, 0.717) is 0 Å². The number of halogens is 3. The van der Waals surface area contributed by atoms with E-state index in [4.69, 9.17) is 34.9 Å². The summed E-state index contributed by atoms with van der Waals surface area (Å²) in [4.78, 5) is 27.5. The van der Waals surface area contributed by atoms with Gasteiger partial charge in [0.25, 0.3) is 0 Å². The Balaban J connectivity index is -0.0000000486. The number of rotatable bonds is 2. The molecule has 0 saturated carbocycles. The van der Waals surface area contributed by atoms with E-state index in [1.807, 2.05) is 0 Å². The van der Waals surface area contributed by atoms with Crippen LogP contribution >= 0.6 is 0 Å². The fraction of sp³-hybridized carbons (Fsp3) is 0.571. The largest absolute Gasteiger partial charge is 1.00 e. The summed E-state index contributed by atoms with van der Waals surface area (Å²) in [5, 5.41) is 49.0. The Kier molecular flexibility index (Phi) is 33.4. The monoisotopic (exact) mass is 326 g/mol. The first-order valence-corrected chi connectivity index (χ1v) is 4.44. The van der Waals surface area contributed by atoms with Crippen LogP contribution in [0, 0.1) is 5.92 Å². The van der Waals surface area contributed by atoms with Crippen molar-refractivity contribution in [3.05, 3.63) is 0 Å². The first-order valence-electron chi connectivity index (χ1n) is 4.44. The Morgan fingerprint density at radius 1 is 0.957 bits per heavy atom. The van der Waals surface area contributed by atoms with Crippen molar-refractivity contribution in [3.63, 3.8) is 0 Å². The summed E-state index contributed by atoms with van der Waals surface area (Å²) in [5.74, 6) is -7.87. The molecule has 0 bridgehead atoms. The summed E-state index contributed by atoms with van der Waals surface area (Å²) in [6, 6.07) is 0. The molecule has 0 rings (SSSR count). The maximum absolute atomic E-state index is 11.5. The predicted octanol–water partition coefficient (Wildman–Crippen LogP) is -14.2. The summed E-state index contributed by atoms with van der Waals surface area (Å²) in [5.41, 5.74) is 0. The molecule has 0 aliphatic carbocycles. The van der Waals surface area contributed by atoms with Crippen molar-refractivity contribution in [2.45, 2.75) is 19.5 Å². The molecule has 118 valence electrons. The molecule has 9 nitrogen and oxygen atoms in total. The van der Waals surface area contributed by atoms with E-state index in [-0.39, 0.29) is 56.6 Å². The molecule has 1 atom stereocenters. The van der Waals surface area contributed by atoms with Crippen LogP contribution in [-0.2, 0) is 14.4 Å². The fourth-order valence-electron chi connectivity index (χ4n) is 0.366. The third kappa shape index (κ3) is 44.9. The molecule has 0 radical (unpaired) electrons. The molecule has 0 fully saturated rings. The van der Waals surface area contributed by atoms with E-state index >= 15 is 0 Å². The van der Waals surface area contributed by atoms with Gasteiger partial charge in [-0.1, -0.05) is 6.92 Å². The standard InChI is InChI=1S/C5H7F3O2.C2H2O4.BH3O3.3Li/c1-3(2-4(9)10)5(6,7)8;3-1(4)2(5)6;2-1(3)4;;;/h3H,2H2,1H3,(H,9,10);(H,3,4)(H,5,6);2-4H;;;/q;;;3*+1/p-3. The summed E-state index contributed by atoms with van der Waals surface area (Å²) in [6.07, 6.45) is -5.40. The van der Waals surface area contributed by atoms with Crippen LogP contribution in [0.1, 0.15) is 13.3 Å². The SMILES string of the molecule is CC(CC(=O)[O-])C(F)(F)F.O=C([O-])C(=O)[O-].OB(O)O.[Li+].[Li+].[Li+]. The third-order valence-electron chi connectivity index (χ3n) is 1.20. The number of hydrogen-bond acceptors (Lipinski definition) is 9. The Morgan fingerprint density at radius 3 is 1.22 bits per heavy atom. The average molecular weight is 326 g/mol. The van der Waals surface area contributed by atoms with Crippen LogP contribution in [0.25, 0.3) is 0 Å². The number of carbonyl (C=O) groups excluding carboxylic acids is 3. The van der Waals surface area contributed by atoms with Gasteiger partial charge in [0.05, 0.1) is 17.9 Å². The van der Waals surface area contributed by atoms with Gasteiger partial charge in [-0.3, -0.25) is 0 Å². The van der Waals surface area contributed by atoms with Gasteiger partial charge in [0.2, 0.25) is 0 Å². The molecular weight excluding hydrogens is 317 g/mol. The zero-order chi connectivity index (χ0) is 17.1. The van der Waals surface area contributed by atoms with Crippen molar-refractivity contribution in [2.75, 3.05) is 0 Å². The number of hydrogen-bond donors (Lipinski definition) is 3. The summed E-state index contributed by atoms with van der Waals surface area (Å²) < 4.78 is 34.6. The molecule has 0 aliphatic rings. The third-order valence-corrected chi connectivity index (χ3v) is 1.20. The summed E-state index contributed by atoms with van der Waals surface area (Å²) in [7, 11) is -2.17. The number of alkyl halides is 3. The van der Waals surface area contributed by atoms with Gasteiger partial charge in [-0.25, -0.2) is 0 Å². The Bertz CT molecular complexity index is 315. The minimum Gasteiger partial charge on any atom is -0.550 e. The van der Waals surface area contributed by atoms with Crippen molar-refractivity contribution in [2.24, 2.45) is 5.92 Å². The molecule has 0 aromatic rings. The fourth-order valence-corrected chi connectivity index (χ4v) is 0.366. The van der Waals surface area contributed by atoms with Gasteiger partial charge in [0, 0.05) is 5.97 Å². The van der Waals surface area contributed by atoms with Gasteiger partial charge in [-0.2, -0.15) is 13.2 Å².